The first-order chi connectivity index (χ1) is 10.4. The molecule has 0 aliphatic heterocycles. The van der Waals surface area contributed by atoms with Crippen LogP contribution < -0.4 is 5.56 Å². The van der Waals surface area contributed by atoms with E-state index in [-0.39, 0.29) is 27.2 Å². The number of rotatable bonds is 1. The Morgan fingerprint density at radius 3 is 2.45 bits per heavy atom. The van der Waals surface area contributed by atoms with Crippen molar-refractivity contribution >= 4 is 22.4 Å². The van der Waals surface area contributed by atoms with E-state index in [4.69, 9.17) is 11.6 Å². The van der Waals surface area contributed by atoms with Crippen molar-refractivity contribution in [3.63, 3.8) is 0 Å². The summed E-state index contributed by atoms with van der Waals surface area (Å²) in [6, 6.07) is 5.67. The maximum atomic E-state index is 13.5. The molecule has 0 bridgehead atoms. The van der Waals surface area contributed by atoms with Crippen LogP contribution in [0.25, 0.3) is 16.5 Å². The molecule has 1 heterocycles. The van der Waals surface area contributed by atoms with Gasteiger partial charge in [-0.1, -0.05) is 11.6 Å². The van der Waals surface area contributed by atoms with Crippen LogP contribution in [0.2, 0.25) is 5.02 Å². The highest BCUT2D eigenvalue weighted by molar-refractivity contribution is 6.35. The molecule has 0 amide bonds. The Hall–Kier alpha value is -2.73. The molecule has 3 N–H and O–H groups in total. The summed E-state index contributed by atoms with van der Waals surface area (Å²) in [5, 5.41) is 28.7. The molecule has 112 valence electrons. The molecule has 0 aliphatic carbocycles. The van der Waals surface area contributed by atoms with E-state index in [1.54, 1.807) is 0 Å². The van der Waals surface area contributed by atoms with Crippen LogP contribution in [0.1, 0.15) is 0 Å². The minimum absolute atomic E-state index is 0.0919. The number of aromatic nitrogens is 1. The second-order valence-corrected chi connectivity index (χ2v) is 5.08. The van der Waals surface area contributed by atoms with Gasteiger partial charge in [-0.3, -0.25) is 9.36 Å². The largest absolute Gasteiger partial charge is 0.508 e. The molecule has 7 heteroatoms. The van der Waals surface area contributed by atoms with Gasteiger partial charge < -0.3 is 15.3 Å². The minimum Gasteiger partial charge on any atom is -0.508 e. The molecule has 22 heavy (non-hydrogen) atoms. The molecule has 5 nitrogen and oxygen atoms in total. The van der Waals surface area contributed by atoms with Gasteiger partial charge in [0.15, 0.2) is 11.6 Å². The van der Waals surface area contributed by atoms with Crippen LogP contribution in [-0.2, 0) is 0 Å². The number of nitrogens with zero attached hydrogens (tertiary/aromatic N) is 1. The Morgan fingerprint density at radius 2 is 1.77 bits per heavy atom. The zero-order valence-electron chi connectivity index (χ0n) is 10.9. The van der Waals surface area contributed by atoms with Crippen molar-refractivity contribution < 1.29 is 19.7 Å². The van der Waals surface area contributed by atoms with Crippen LogP contribution >= 0.6 is 11.6 Å². The van der Waals surface area contributed by atoms with Crippen LogP contribution in [0.15, 0.2) is 41.3 Å². The van der Waals surface area contributed by atoms with Gasteiger partial charge in [-0.05, 0) is 18.2 Å². The summed E-state index contributed by atoms with van der Waals surface area (Å²) < 4.78 is 14.5. The fourth-order valence-electron chi connectivity index (χ4n) is 2.22. The standard InChI is InChI=1S/C15H9ClFNO4/c16-10-6-18(7-1-2-12(20)11(17)3-7)15(22)14-9(10)4-8(19)5-13(14)21/h1-6,19-21H. The number of aromatic hydroxyl groups is 3. The number of hydrogen-bond acceptors (Lipinski definition) is 4. The highest BCUT2D eigenvalue weighted by Gasteiger charge is 2.15. The average molecular weight is 322 g/mol. The molecule has 2 aromatic carbocycles. The lowest BCUT2D eigenvalue weighted by molar-refractivity contribution is 0.432. The molecule has 0 radical (unpaired) electrons. The van der Waals surface area contributed by atoms with Gasteiger partial charge in [0.25, 0.3) is 5.56 Å². The first-order valence-electron chi connectivity index (χ1n) is 6.14. The van der Waals surface area contributed by atoms with Crippen molar-refractivity contribution in [3.8, 4) is 22.9 Å². The van der Waals surface area contributed by atoms with Crippen molar-refractivity contribution in [1.29, 1.82) is 0 Å². The van der Waals surface area contributed by atoms with E-state index in [1.165, 1.54) is 18.3 Å². The molecule has 0 saturated carbocycles. The summed E-state index contributed by atoms with van der Waals surface area (Å²) in [6.07, 6.45) is 1.25. The third kappa shape index (κ3) is 2.14. The summed E-state index contributed by atoms with van der Waals surface area (Å²) in [7, 11) is 0. The highest BCUT2D eigenvalue weighted by atomic mass is 35.5. The zero-order valence-corrected chi connectivity index (χ0v) is 11.7. The van der Waals surface area contributed by atoms with Gasteiger partial charge in [-0.2, -0.15) is 0 Å². The van der Waals surface area contributed by atoms with Crippen LogP contribution in [0.4, 0.5) is 4.39 Å². The van der Waals surface area contributed by atoms with E-state index in [0.717, 1.165) is 22.8 Å². The molecule has 0 fully saturated rings. The third-order valence-corrected chi connectivity index (χ3v) is 3.55. The first-order valence-corrected chi connectivity index (χ1v) is 6.52. The van der Waals surface area contributed by atoms with Crippen molar-refractivity contribution in [2.75, 3.05) is 0 Å². The van der Waals surface area contributed by atoms with E-state index in [2.05, 4.69) is 0 Å². The van der Waals surface area contributed by atoms with E-state index < -0.39 is 22.9 Å². The zero-order chi connectivity index (χ0) is 16.0. The normalized spacial score (nSPS) is 11.0. The number of phenolic OH excluding ortho intramolecular Hbond substituents is 3. The van der Waals surface area contributed by atoms with Crippen molar-refractivity contribution in [2.24, 2.45) is 0 Å². The maximum absolute atomic E-state index is 13.5. The molecule has 0 atom stereocenters. The molecule has 0 aliphatic rings. The molecule has 0 spiro atoms. The smallest absolute Gasteiger partial charge is 0.266 e. The topological polar surface area (TPSA) is 82.7 Å². The van der Waals surface area contributed by atoms with E-state index in [1.807, 2.05) is 0 Å². The van der Waals surface area contributed by atoms with Gasteiger partial charge in [-0.25, -0.2) is 4.39 Å². The van der Waals surface area contributed by atoms with Crippen LogP contribution in [0.5, 0.6) is 17.2 Å². The number of hydrogen-bond donors (Lipinski definition) is 3. The van der Waals surface area contributed by atoms with Gasteiger partial charge in [0.2, 0.25) is 0 Å². The third-order valence-electron chi connectivity index (χ3n) is 3.24. The van der Waals surface area contributed by atoms with E-state index in [0.29, 0.717) is 0 Å². The van der Waals surface area contributed by atoms with Crippen LogP contribution in [0, 0.1) is 5.82 Å². The van der Waals surface area contributed by atoms with Gasteiger partial charge >= 0.3 is 0 Å². The lowest BCUT2D eigenvalue weighted by Crippen LogP contribution is -2.18. The van der Waals surface area contributed by atoms with Gasteiger partial charge in [0, 0.05) is 23.7 Å². The van der Waals surface area contributed by atoms with Gasteiger partial charge in [0.1, 0.15) is 11.5 Å². The maximum Gasteiger partial charge on any atom is 0.266 e. The number of phenols is 3. The quantitative estimate of drug-likeness (QED) is 0.643. The Kier molecular flexibility index (Phi) is 3.18. The number of pyridine rings is 1. The molecule has 1 aromatic heterocycles. The lowest BCUT2D eigenvalue weighted by Gasteiger charge is -2.11. The Balaban J connectivity index is 2.39. The van der Waals surface area contributed by atoms with E-state index in [9.17, 15) is 24.5 Å². The summed E-state index contributed by atoms with van der Waals surface area (Å²) in [4.78, 5) is 12.5. The fraction of sp³-hybridized carbons (Fsp3) is 0. The molecule has 3 rings (SSSR count). The predicted octanol–water partition coefficient (Wildman–Crippen LogP) is 2.90. The molecule has 3 aromatic rings. The number of halogens is 2. The lowest BCUT2D eigenvalue weighted by atomic mass is 10.1. The second-order valence-electron chi connectivity index (χ2n) is 4.68. The van der Waals surface area contributed by atoms with Crippen LogP contribution in [0.3, 0.4) is 0 Å². The fourth-order valence-corrected chi connectivity index (χ4v) is 2.47. The van der Waals surface area contributed by atoms with E-state index >= 15 is 0 Å². The Morgan fingerprint density at radius 1 is 1.05 bits per heavy atom. The molecular weight excluding hydrogens is 313 g/mol. The molecular formula is C15H9ClFNO4. The Labute approximate surface area is 128 Å². The Bertz CT molecular complexity index is 968. The minimum atomic E-state index is -0.893. The van der Waals surface area contributed by atoms with Crippen molar-refractivity contribution in [3.05, 3.63) is 57.7 Å². The monoisotopic (exact) mass is 321 g/mol. The van der Waals surface area contributed by atoms with Gasteiger partial charge in [-0.15, -0.1) is 0 Å². The summed E-state index contributed by atoms with van der Waals surface area (Å²) in [5.74, 6) is -2.11. The summed E-state index contributed by atoms with van der Waals surface area (Å²) in [5.41, 5.74) is -0.501. The average Bonchev–Trinajstić information content (AvgIpc) is 2.45. The molecule has 0 unspecified atom stereocenters. The molecule has 0 saturated heterocycles. The number of benzene rings is 2. The summed E-state index contributed by atoms with van der Waals surface area (Å²) >= 11 is 6.07. The van der Waals surface area contributed by atoms with Crippen molar-refractivity contribution in [2.45, 2.75) is 0 Å². The predicted molar refractivity (Wildman–Crippen MR) is 79.5 cm³/mol. The SMILES string of the molecule is O=c1c2c(O)cc(O)cc2c(Cl)cn1-c1ccc(O)c(F)c1. The van der Waals surface area contributed by atoms with Gasteiger partial charge in [0.05, 0.1) is 16.1 Å². The number of fused-ring (bicyclic) bond motifs is 1. The second kappa shape index (κ2) is 4.92. The highest BCUT2D eigenvalue weighted by Crippen LogP contribution is 2.32. The summed E-state index contributed by atoms with van der Waals surface area (Å²) in [6.45, 7) is 0. The van der Waals surface area contributed by atoms with Crippen molar-refractivity contribution in [1.82, 2.24) is 4.57 Å². The first kappa shape index (κ1) is 14.2. The van der Waals surface area contributed by atoms with Crippen LogP contribution in [-0.4, -0.2) is 19.9 Å².